The van der Waals surface area contributed by atoms with Gasteiger partial charge in [0.25, 0.3) is 0 Å². The summed E-state index contributed by atoms with van der Waals surface area (Å²) in [4.78, 5) is 11.7. The van der Waals surface area contributed by atoms with Gasteiger partial charge in [0, 0.05) is 30.4 Å². The highest BCUT2D eigenvalue weighted by molar-refractivity contribution is 5.90. The number of rotatable bonds is 5. The van der Waals surface area contributed by atoms with Gasteiger partial charge in [0.15, 0.2) is 11.6 Å². The Hall–Kier alpha value is -2.43. The second-order valence-electron chi connectivity index (χ2n) is 4.72. The lowest BCUT2D eigenvalue weighted by Crippen LogP contribution is -2.16. The molecule has 3 nitrogen and oxygen atoms in total. The number of amides is 1. The maximum Gasteiger partial charge on any atom is 0.226 e. The summed E-state index contributed by atoms with van der Waals surface area (Å²) >= 11 is 0. The number of benzene rings is 2. The van der Waals surface area contributed by atoms with Gasteiger partial charge >= 0.3 is 0 Å². The fourth-order valence-electron chi connectivity index (χ4n) is 1.87. The summed E-state index contributed by atoms with van der Waals surface area (Å²) in [6, 6.07) is 11.1. The zero-order valence-electron chi connectivity index (χ0n) is 11.6. The molecule has 0 aliphatic rings. The molecule has 0 unspecified atom stereocenters. The highest BCUT2D eigenvalue weighted by atomic mass is 19.2. The van der Waals surface area contributed by atoms with Gasteiger partial charge < -0.3 is 10.6 Å². The number of hydrogen-bond donors (Lipinski definition) is 2. The van der Waals surface area contributed by atoms with Crippen LogP contribution in [0.4, 0.5) is 20.2 Å². The first-order chi connectivity index (χ1) is 10.0. The molecule has 0 aliphatic carbocycles. The maximum absolute atomic E-state index is 13.0. The van der Waals surface area contributed by atoms with Crippen molar-refractivity contribution in [3.8, 4) is 0 Å². The van der Waals surface area contributed by atoms with Crippen LogP contribution in [0.2, 0.25) is 0 Å². The first-order valence-corrected chi connectivity index (χ1v) is 6.60. The molecule has 0 radical (unpaired) electrons. The molecular formula is C16H16F2N2O. The lowest BCUT2D eigenvalue weighted by Gasteiger charge is -2.08. The number of nitrogens with one attached hydrogen (secondary N) is 2. The van der Waals surface area contributed by atoms with E-state index in [0.29, 0.717) is 6.54 Å². The van der Waals surface area contributed by atoms with Crippen LogP contribution in [0.5, 0.6) is 0 Å². The lowest BCUT2D eigenvalue weighted by atomic mass is 10.2. The molecule has 0 spiro atoms. The van der Waals surface area contributed by atoms with Crippen molar-refractivity contribution in [3.05, 3.63) is 59.7 Å². The van der Waals surface area contributed by atoms with Crippen LogP contribution >= 0.6 is 0 Å². The Bertz CT molecular complexity index is 644. The third kappa shape index (κ3) is 4.56. The molecular weight excluding hydrogens is 274 g/mol. The number of halogens is 2. The SMILES string of the molecule is Cc1cccc(NCCC(=O)Nc2ccc(F)c(F)c2)c1. The zero-order valence-corrected chi connectivity index (χ0v) is 11.6. The van der Waals surface area contributed by atoms with Crippen molar-refractivity contribution >= 4 is 17.3 Å². The van der Waals surface area contributed by atoms with Gasteiger partial charge in [-0.15, -0.1) is 0 Å². The molecule has 0 aromatic heterocycles. The first-order valence-electron chi connectivity index (χ1n) is 6.60. The van der Waals surface area contributed by atoms with E-state index in [4.69, 9.17) is 0 Å². The van der Waals surface area contributed by atoms with Crippen LogP contribution in [-0.2, 0) is 4.79 Å². The Kier molecular flexibility index (Phi) is 4.87. The number of aryl methyl sites for hydroxylation is 1. The van der Waals surface area contributed by atoms with Gasteiger partial charge in [-0.2, -0.15) is 0 Å². The topological polar surface area (TPSA) is 41.1 Å². The molecule has 0 heterocycles. The zero-order chi connectivity index (χ0) is 15.2. The van der Waals surface area contributed by atoms with Gasteiger partial charge in [0.2, 0.25) is 5.91 Å². The highest BCUT2D eigenvalue weighted by Gasteiger charge is 2.06. The third-order valence-electron chi connectivity index (χ3n) is 2.90. The monoisotopic (exact) mass is 290 g/mol. The summed E-state index contributed by atoms with van der Waals surface area (Å²) < 4.78 is 25.8. The summed E-state index contributed by atoms with van der Waals surface area (Å²) in [6.45, 7) is 2.44. The Morgan fingerprint density at radius 3 is 2.57 bits per heavy atom. The van der Waals surface area contributed by atoms with E-state index in [1.54, 1.807) is 0 Å². The third-order valence-corrected chi connectivity index (χ3v) is 2.90. The molecule has 0 aliphatic heterocycles. The molecule has 2 aromatic carbocycles. The average Bonchev–Trinajstić information content (AvgIpc) is 2.43. The fourth-order valence-corrected chi connectivity index (χ4v) is 1.87. The molecule has 0 saturated heterocycles. The molecule has 1 amide bonds. The van der Waals surface area contributed by atoms with E-state index in [9.17, 15) is 13.6 Å². The fraction of sp³-hybridized carbons (Fsp3) is 0.188. The Labute approximate surface area is 122 Å². The Morgan fingerprint density at radius 1 is 1.05 bits per heavy atom. The molecule has 0 saturated carbocycles. The van der Waals surface area contributed by atoms with Gasteiger partial charge in [0.05, 0.1) is 0 Å². The van der Waals surface area contributed by atoms with Gasteiger partial charge in [-0.05, 0) is 36.8 Å². The standard InChI is InChI=1S/C16H16F2N2O/c1-11-3-2-4-12(9-11)19-8-7-16(21)20-13-5-6-14(17)15(18)10-13/h2-6,9-10,19H,7-8H2,1H3,(H,20,21). The van der Waals surface area contributed by atoms with E-state index >= 15 is 0 Å². The Balaban J connectivity index is 1.81. The van der Waals surface area contributed by atoms with Crippen molar-refractivity contribution in [3.63, 3.8) is 0 Å². The summed E-state index contributed by atoms with van der Waals surface area (Å²) in [5.74, 6) is -2.18. The molecule has 110 valence electrons. The van der Waals surface area contributed by atoms with Crippen LogP contribution < -0.4 is 10.6 Å². The van der Waals surface area contributed by atoms with Gasteiger partial charge in [0.1, 0.15) is 0 Å². The maximum atomic E-state index is 13.0. The molecule has 0 fully saturated rings. The van der Waals surface area contributed by atoms with Crippen LogP contribution in [0.1, 0.15) is 12.0 Å². The van der Waals surface area contributed by atoms with E-state index in [0.717, 1.165) is 23.4 Å². The number of hydrogen-bond acceptors (Lipinski definition) is 2. The summed E-state index contributed by atoms with van der Waals surface area (Å²) in [6.07, 6.45) is 0.229. The van der Waals surface area contributed by atoms with E-state index in [1.165, 1.54) is 6.07 Å². The van der Waals surface area contributed by atoms with Crippen LogP contribution in [-0.4, -0.2) is 12.5 Å². The predicted molar refractivity (Wildman–Crippen MR) is 79.3 cm³/mol. The molecule has 2 N–H and O–H groups in total. The van der Waals surface area contributed by atoms with Gasteiger partial charge in [-0.25, -0.2) is 8.78 Å². The smallest absolute Gasteiger partial charge is 0.226 e. The molecule has 0 bridgehead atoms. The van der Waals surface area contributed by atoms with Crippen molar-refractivity contribution in [1.29, 1.82) is 0 Å². The Morgan fingerprint density at radius 2 is 1.86 bits per heavy atom. The van der Waals surface area contributed by atoms with Crippen LogP contribution in [0.25, 0.3) is 0 Å². The molecule has 2 aromatic rings. The molecule has 21 heavy (non-hydrogen) atoms. The summed E-state index contributed by atoms with van der Waals surface area (Å²) in [5, 5.41) is 5.65. The summed E-state index contributed by atoms with van der Waals surface area (Å²) in [5.41, 5.74) is 2.32. The van der Waals surface area contributed by atoms with E-state index in [2.05, 4.69) is 10.6 Å². The second-order valence-corrected chi connectivity index (χ2v) is 4.72. The largest absolute Gasteiger partial charge is 0.385 e. The molecule has 2 rings (SSSR count). The van der Waals surface area contributed by atoms with Crippen molar-refractivity contribution in [1.82, 2.24) is 0 Å². The van der Waals surface area contributed by atoms with Crippen molar-refractivity contribution in [2.75, 3.05) is 17.2 Å². The van der Waals surface area contributed by atoms with Crippen LogP contribution in [0.15, 0.2) is 42.5 Å². The van der Waals surface area contributed by atoms with E-state index < -0.39 is 11.6 Å². The van der Waals surface area contributed by atoms with E-state index in [1.807, 2.05) is 31.2 Å². The minimum absolute atomic E-state index is 0.229. The van der Waals surface area contributed by atoms with Gasteiger partial charge in [-0.1, -0.05) is 12.1 Å². The van der Waals surface area contributed by atoms with Crippen LogP contribution in [0.3, 0.4) is 0 Å². The van der Waals surface area contributed by atoms with Crippen molar-refractivity contribution in [2.45, 2.75) is 13.3 Å². The average molecular weight is 290 g/mol. The minimum atomic E-state index is -0.981. The number of carbonyl (C=O) groups excluding carboxylic acids is 1. The highest BCUT2D eigenvalue weighted by Crippen LogP contribution is 2.13. The minimum Gasteiger partial charge on any atom is -0.385 e. The molecule has 0 atom stereocenters. The van der Waals surface area contributed by atoms with E-state index in [-0.39, 0.29) is 18.0 Å². The number of anilines is 2. The lowest BCUT2D eigenvalue weighted by molar-refractivity contribution is -0.115. The quantitative estimate of drug-likeness (QED) is 0.881. The normalized spacial score (nSPS) is 10.2. The summed E-state index contributed by atoms with van der Waals surface area (Å²) in [7, 11) is 0. The second kappa shape index (κ2) is 6.83. The number of carbonyl (C=O) groups is 1. The molecule has 5 heteroatoms. The first kappa shape index (κ1) is 15.0. The van der Waals surface area contributed by atoms with Crippen molar-refractivity contribution < 1.29 is 13.6 Å². The van der Waals surface area contributed by atoms with Crippen molar-refractivity contribution in [2.24, 2.45) is 0 Å². The predicted octanol–water partition coefficient (Wildman–Crippen LogP) is 3.71. The van der Waals surface area contributed by atoms with Gasteiger partial charge in [-0.3, -0.25) is 4.79 Å². The van der Waals surface area contributed by atoms with Crippen LogP contribution in [0, 0.1) is 18.6 Å².